The lowest BCUT2D eigenvalue weighted by Gasteiger charge is -2.38. The van der Waals surface area contributed by atoms with Gasteiger partial charge in [0.1, 0.15) is 11.9 Å². The van der Waals surface area contributed by atoms with Crippen LogP contribution >= 0.6 is 11.3 Å². The number of aliphatic hydroxyl groups is 1. The van der Waals surface area contributed by atoms with Crippen LogP contribution in [0.2, 0.25) is 0 Å². The van der Waals surface area contributed by atoms with Crippen LogP contribution in [0.4, 0.5) is 10.1 Å². The highest BCUT2D eigenvalue weighted by Crippen LogP contribution is 2.34. The maximum absolute atomic E-state index is 10.9. The quantitative estimate of drug-likeness (QED) is 0.659. The van der Waals surface area contributed by atoms with Crippen LogP contribution in [0.15, 0.2) is 30.5 Å². The van der Waals surface area contributed by atoms with Gasteiger partial charge in [0, 0.05) is 19.5 Å². The molecular weight excluding hydrogens is 330 g/mol. The number of para-hydroxylation sites is 1. The molecule has 0 bridgehead atoms. The lowest BCUT2D eigenvalue weighted by molar-refractivity contribution is -0.380. The van der Waals surface area contributed by atoms with Crippen LogP contribution in [0.5, 0.6) is 5.75 Å². The van der Waals surface area contributed by atoms with E-state index in [-0.39, 0.29) is 5.00 Å². The molecule has 0 aliphatic carbocycles. The van der Waals surface area contributed by atoms with E-state index in [1.165, 1.54) is 6.20 Å². The Morgan fingerprint density at radius 1 is 1.42 bits per heavy atom. The molecule has 128 valence electrons. The molecule has 1 aliphatic rings. The summed E-state index contributed by atoms with van der Waals surface area (Å²) in [7, 11) is 1.63. The summed E-state index contributed by atoms with van der Waals surface area (Å²) in [6.07, 6.45) is 2.98. The molecule has 3 rings (SSSR count). The highest BCUT2D eigenvalue weighted by atomic mass is 32.1. The number of hydrogen-bond acceptors (Lipinski definition) is 7. The molecule has 1 aliphatic heterocycles. The first kappa shape index (κ1) is 16.7. The van der Waals surface area contributed by atoms with Gasteiger partial charge in [-0.05, 0) is 35.8 Å². The number of aromatic nitrogens is 1. The molecule has 0 spiro atoms. The molecule has 1 aromatic heterocycles. The normalized spacial score (nSPS) is 16.8. The Morgan fingerprint density at radius 2 is 2.12 bits per heavy atom. The number of nitrogens with zero attached hydrogens (tertiary/aromatic N) is 3. The number of nitro groups is 1. The Labute approximate surface area is 143 Å². The van der Waals surface area contributed by atoms with E-state index < -0.39 is 10.5 Å². The summed E-state index contributed by atoms with van der Waals surface area (Å²) in [5.74, 6) is 0.781. The summed E-state index contributed by atoms with van der Waals surface area (Å²) in [4.78, 5) is 16.5. The minimum atomic E-state index is -0.797. The molecule has 1 saturated heterocycles. The number of anilines is 1. The highest BCUT2D eigenvalue weighted by molar-refractivity contribution is 7.18. The summed E-state index contributed by atoms with van der Waals surface area (Å²) < 4.78 is 5.35. The first-order valence-electron chi connectivity index (χ1n) is 7.70. The number of benzene rings is 1. The van der Waals surface area contributed by atoms with Gasteiger partial charge in [0.2, 0.25) is 0 Å². The third kappa shape index (κ3) is 3.49. The molecular formula is C16H19N3O4S. The van der Waals surface area contributed by atoms with Gasteiger partial charge in [-0.25, -0.2) is 4.98 Å². The van der Waals surface area contributed by atoms with E-state index >= 15 is 0 Å². The van der Waals surface area contributed by atoms with E-state index in [4.69, 9.17) is 4.74 Å². The predicted molar refractivity (Wildman–Crippen MR) is 91.9 cm³/mol. The minimum Gasteiger partial charge on any atom is -0.496 e. The molecule has 0 radical (unpaired) electrons. The van der Waals surface area contributed by atoms with E-state index in [0.717, 1.165) is 22.6 Å². The van der Waals surface area contributed by atoms with Crippen LogP contribution < -0.4 is 9.64 Å². The molecule has 0 saturated carbocycles. The number of ether oxygens (including phenoxy) is 1. The lowest BCUT2D eigenvalue weighted by Crippen LogP contribution is -2.45. The molecule has 1 aromatic carbocycles. The number of hydrogen-bond donors (Lipinski definition) is 1. The van der Waals surface area contributed by atoms with Gasteiger partial charge in [-0.15, -0.1) is 0 Å². The van der Waals surface area contributed by atoms with E-state index in [2.05, 4.69) is 4.98 Å². The summed E-state index contributed by atoms with van der Waals surface area (Å²) in [6, 6.07) is 7.70. The van der Waals surface area contributed by atoms with Gasteiger partial charge >= 0.3 is 5.00 Å². The Balaban J connectivity index is 1.65. The first-order valence-corrected chi connectivity index (χ1v) is 8.52. The molecule has 7 nitrogen and oxygen atoms in total. The molecule has 8 heteroatoms. The number of piperidine rings is 1. The second kappa shape index (κ2) is 6.74. The SMILES string of the molecule is COc1ccccc1CC1(O)CCN(c2ncc([N+](=O)[O-])s2)CC1. The second-order valence-corrected chi connectivity index (χ2v) is 6.93. The van der Waals surface area contributed by atoms with Crippen molar-refractivity contribution >= 4 is 21.5 Å². The van der Waals surface area contributed by atoms with Crippen LogP contribution in [0.3, 0.4) is 0 Å². The van der Waals surface area contributed by atoms with Crippen LogP contribution in [0.25, 0.3) is 0 Å². The van der Waals surface area contributed by atoms with Gasteiger partial charge in [-0.3, -0.25) is 10.1 Å². The maximum atomic E-state index is 10.9. The van der Waals surface area contributed by atoms with Gasteiger partial charge in [-0.1, -0.05) is 18.2 Å². The van der Waals surface area contributed by atoms with E-state index in [1.807, 2.05) is 29.2 Å². The van der Waals surface area contributed by atoms with Crippen molar-refractivity contribution in [2.75, 3.05) is 25.1 Å². The van der Waals surface area contributed by atoms with E-state index in [9.17, 15) is 15.2 Å². The topological polar surface area (TPSA) is 88.7 Å². The van der Waals surface area contributed by atoms with Crippen molar-refractivity contribution < 1.29 is 14.8 Å². The standard InChI is InChI=1S/C16H19N3O4S/c1-23-13-5-3-2-4-12(13)10-16(20)6-8-18(9-7-16)15-17-11-14(24-15)19(21)22/h2-5,11,20H,6-10H2,1H3. The van der Waals surface area contributed by atoms with Crippen molar-refractivity contribution in [2.45, 2.75) is 24.9 Å². The van der Waals surface area contributed by atoms with E-state index in [0.29, 0.717) is 37.5 Å². The second-order valence-electron chi connectivity index (χ2n) is 5.94. The fraction of sp³-hybridized carbons (Fsp3) is 0.438. The number of methoxy groups -OCH3 is 1. The third-order valence-corrected chi connectivity index (χ3v) is 5.35. The predicted octanol–water partition coefficient (Wildman–Crippen LogP) is 2.63. The van der Waals surface area contributed by atoms with Gasteiger partial charge in [-0.2, -0.15) is 0 Å². The molecule has 0 amide bonds. The zero-order chi connectivity index (χ0) is 17.2. The van der Waals surface area contributed by atoms with Crippen molar-refractivity contribution in [3.63, 3.8) is 0 Å². The van der Waals surface area contributed by atoms with Crippen molar-refractivity contribution in [1.29, 1.82) is 0 Å². The lowest BCUT2D eigenvalue weighted by atomic mass is 9.85. The Hall–Kier alpha value is -2.19. The molecule has 1 fully saturated rings. The summed E-state index contributed by atoms with van der Waals surface area (Å²) in [5, 5.41) is 22.3. The van der Waals surface area contributed by atoms with Gasteiger partial charge < -0.3 is 14.7 Å². The molecule has 1 N–H and O–H groups in total. The zero-order valence-electron chi connectivity index (χ0n) is 13.3. The molecule has 2 aromatic rings. The minimum absolute atomic E-state index is 0.0415. The largest absolute Gasteiger partial charge is 0.496 e. The average Bonchev–Trinajstić information content (AvgIpc) is 3.06. The average molecular weight is 349 g/mol. The summed E-state index contributed by atoms with van der Waals surface area (Å²) in [6.45, 7) is 1.24. The maximum Gasteiger partial charge on any atom is 0.345 e. The highest BCUT2D eigenvalue weighted by Gasteiger charge is 2.34. The molecule has 2 heterocycles. The fourth-order valence-corrected chi connectivity index (χ4v) is 3.77. The van der Waals surface area contributed by atoms with Crippen molar-refractivity contribution in [2.24, 2.45) is 0 Å². The Kier molecular flexibility index (Phi) is 4.68. The molecule has 0 unspecified atom stereocenters. The monoisotopic (exact) mass is 349 g/mol. The van der Waals surface area contributed by atoms with Crippen molar-refractivity contribution in [1.82, 2.24) is 4.98 Å². The summed E-state index contributed by atoms with van der Waals surface area (Å²) >= 11 is 1.07. The Bertz CT molecular complexity index is 726. The van der Waals surface area contributed by atoms with Crippen LogP contribution in [-0.2, 0) is 6.42 Å². The van der Waals surface area contributed by atoms with Crippen LogP contribution in [-0.4, -0.2) is 40.8 Å². The molecule has 24 heavy (non-hydrogen) atoms. The van der Waals surface area contributed by atoms with Crippen molar-refractivity contribution in [3.05, 3.63) is 46.1 Å². The molecule has 0 atom stereocenters. The van der Waals surface area contributed by atoms with Crippen molar-refractivity contribution in [3.8, 4) is 5.75 Å². The smallest absolute Gasteiger partial charge is 0.345 e. The fourth-order valence-electron chi connectivity index (χ4n) is 2.98. The number of rotatable bonds is 5. The van der Waals surface area contributed by atoms with Crippen LogP contribution in [0, 0.1) is 10.1 Å². The van der Waals surface area contributed by atoms with Gasteiger partial charge in [0.25, 0.3) is 0 Å². The van der Waals surface area contributed by atoms with Crippen LogP contribution in [0.1, 0.15) is 18.4 Å². The van der Waals surface area contributed by atoms with Gasteiger partial charge in [0.15, 0.2) is 5.13 Å². The van der Waals surface area contributed by atoms with Gasteiger partial charge in [0.05, 0.1) is 17.6 Å². The number of thiazole rings is 1. The third-order valence-electron chi connectivity index (χ3n) is 4.34. The summed E-state index contributed by atoms with van der Waals surface area (Å²) in [5.41, 5.74) is 0.190. The first-order chi connectivity index (χ1) is 11.5. The zero-order valence-corrected chi connectivity index (χ0v) is 14.2. The van der Waals surface area contributed by atoms with E-state index in [1.54, 1.807) is 7.11 Å². The Morgan fingerprint density at radius 3 is 2.75 bits per heavy atom.